The number of rotatable bonds is 69. The van der Waals surface area contributed by atoms with Gasteiger partial charge in [0.1, 0.15) is 19.3 Å². The van der Waals surface area contributed by atoms with E-state index in [0.717, 1.165) is 64.2 Å². The van der Waals surface area contributed by atoms with Crippen molar-refractivity contribution in [2.45, 2.75) is 392 Å². The summed E-state index contributed by atoms with van der Waals surface area (Å²) in [6.07, 6.45) is 81.7. The number of hydrogen-bond donors (Lipinski definition) is 2. The number of ether oxygens (including phenoxy) is 1. The summed E-state index contributed by atoms with van der Waals surface area (Å²) in [6.45, 7) is 7.05. The molecule has 0 aromatic carbocycles. The fourth-order valence-electron chi connectivity index (χ4n) is 11.3. The van der Waals surface area contributed by atoms with Crippen LogP contribution in [0.25, 0.3) is 0 Å². The minimum Gasteiger partial charge on any atom is -0.456 e. The maximum Gasteiger partial charge on any atom is 0.472 e. The van der Waals surface area contributed by atoms with E-state index in [4.69, 9.17) is 13.8 Å². The first-order valence-corrected chi connectivity index (χ1v) is 38.8. The molecule has 0 saturated carbocycles. The number of phosphoric ester groups is 1. The maximum absolute atomic E-state index is 13.6. The number of carbonyl (C=O) groups is 2. The van der Waals surface area contributed by atoms with Gasteiger partial charge in [-0.3, -0.25) is 18.6 Å². The molecular weight excluding hydrogens is 1070 g/mol. The Kier molecular flexibility index (Phi) is 63.8. The summed E-state index contributed by atoms with van der Waals surface area (Å²) in [5.41, 5.74) is 0. The predicted molar refractivity (Wildman–Crippen MR) is 369 cm³/mol. The Bertz CT molecular complexity index is 1550. The van der Waals surface area contributed by atoms with Crippen molar-refractivity contribution in [3.05, 3.63) is 36.5 Å². The summed E-state index contributed by atoms with van der Waals surface area (Å²) >= 11 is 0. The SMILES string of the molecule is CCCCC/C=C\C/C=C\CCCCCCCCCCCCCC(=O)OC(/C=C/CCCCCCCCCCC)C(COP(=O)(O)OCC[N+](C)(C)C)NC(=O)CCCCCCCCCCCCCCCCCCCCCCCCCCCCC. The molecule has 0 bridgehead atoms. The van der Waals surface area contributed by atoms with Crippen LogP contribution in [-0.2, 0) is 27.9 Å². The molecule has 0 aromatic rings. The summed E-state index contributed by atoms with van der Waals surface area (Å²) in [6, 6.07) is -0.846. The summed E-state index contributed by atoms with van der Waals surface area (Å²) < 4.78 is 30.8. The Morgan fingerprint density at radius 3 is 1.08 bits per heavy atom. The molecule has 3 unspecified atom stereocenters. The lowest BCUT2D eigenvalue weighted by molar-refractivity contribution is -0.870. The van der Waals surface area contributed by atoms with Gasteiger partial charge in [0.15, 0.2) is 0 Å². The van der Waals surface area contributed by atoms with Gasteiger partial charge in [0, 0.05) is 12.8 Å². The average Bonchev–Trinajstić information content (AvgIpc) is 3.63. The lowest BCUT2D eigenvalue weighted by Crippen LogP contribution is -2.47. The standard InChI is InChI=1S/C75H145N2O7P/c1-7-10-13-16-19-22-25-27-29-31-33-35-36-37-38-39-40-42-43-45-47-49-52-55-58-61-64-67-74(78)76-72(71-83-85(80,81)82-70-69-77(4,5)6)73(66-63-60-57-54-51-24-21-18-15-12-9-3)84-75(79)68-65-62-59-56-53-50-48-46-44-41-34-32-30-28-26-23-20-17-14-11-8-2/h20,23,28,30,63,66,72-73H,7-19,21-22,24-27,29,31-62,64-65,67-71H2,1-6H3,(H-,76,78,80,81)/p+1/b23-20-,30-28-,66-63+. The van der Waals surface area contributed by atoms with Gasteiger partial charge in [0.25, 0.3) is 0 Å². The number of likely N-dealkylation sites (N-methyl/N-ethyl adjacent to an activating group) is 1. The van der Waals surface area contributed by atoms with E-state index in [1.807, 2.05) is 33.3 Å². The van der Waals surface area contributed by atoms with E-state index in [2.05, 4.69) is 50.4 Å². The monoisotopic (exact) mass is 1220 g/mol. The summed E-state index contributed by atoms with van der Waals surface area (Å²) in [7, 11) is 1.51. The van der Waals surface area contributed by atoms with Crippen molar-refractivity contribution in [2.24, 2.45) is 0 Å². The van der Waals surface area contributed by atoms with Crippen molar-refractivity contribution in [1.82, 2.24) is 5.32 Å². The van der Waals surface area contributed by atoms with Gasteiger partial charge in [-0.05, 0) is 63.9 Å². The van der Waals surface area contributed by atoms with Crippen LogP contribution in [0.15, 0.2) is 36.5 Å². The number of hydrogen-bond acceptors (Lipinski definition) is 6. The van der Waals surface area contributed by atoms with Crippen LogP contribution in [0.4, 0.5) is 0 Å². The molecule has 2 N–H and O–H groups in total. The number of carbonyl (C=O) groups excluding carboxylic acids is 2. The average molecular weight is 1220 g/mol. The fraction of sp³-hybridized carbons (Fsp3) is 0.893. The molecule has 0 fully saturated rings. The highest BCUT2D eigenvalue weighted by molar-refractivity contribution is 7.47. The Labute approximate surface area is 529 Å². The molecule has 85 heavy (non-hydrogen) atoms. The lowest BCUT2D eigenvalue weighted by Gasteiger charge is -2.27. The van der Waals surface area contributed by atoms with Crippen LogP contribution in [0, 0.1) is 0 Å². The van der Waals surface area contributed by atoms with Gasteiger partial charge >= 0.3 is 13.8 Å². The zero-order valence-electron chi connectivity index (χ0n) is 57.6. The van der Waals surface area contributed by atoms with E-state index < -0.39 is 20.0 Å². The van der Waals surface area contributed by atoms with Crippen molar-refractivity contribution < 1.29 is 37.3 Å². The van der Waals surface area contributed by atoms with Crippen LogP contribution in [0.3, 0.4) is 0 Å². The van der Waals surface area contributed by atoms with Gasteiger partial charge in [-0.2, -0.15) is 0 Å². The minimum absolute atomic E-state index is 0.0429. The predicted octanol–water partition coefficient (Wildman–Crippen LogP) is 23.8. The Morgan fingerprint density at radius 1 is 0.412 bits per heavy atom. The Hall–Kier alpha value is -1.77. The molecule has 0 aliphatic carbocycles. The molecule has 1 amide bonds. The van der Waals surface area contributed by atoms with Crippen molar-refractivity contribution >= 4 is 19.7 Å². The van der Waals surface area contributed by atoms with Crippen molar-refractivity contribution in [3.63, 3.8) is 0 Å². The molecule has 0 aromatic heterocycles. The second-order valence-electron chi connectivity index (χ2n) is 26.8. The molecular formula is C75H146N2O7P+. The van der Waals surface area contributed by atoms with Crippen LogP contribution < -0.4 is 5.32 Å². The third-order valence-electron chi connectivity index (χ3n) is 17.1. The summed E-state index contributed by atoms with van der Waals surface area (Å²) in [4.78, 5) is 37.9. The van der Waals surface area contributed by atoms with E-state index in [1.54, 1.807) is 0 Å². The molecule has 0 heterocycles. The number of quaternary nitrogens is 1. The van der Waals surface area contributed by atoms with Crippen LogP contribution in [0.5, 0.6) is 0 Å². The van der Waals surface area contributed by atoms with Gasteiger partial charge in [-0.15, -0.1) is 0 Å². The molecule has 9 nitrogen and oxygen atoms in total. The Morgan fingerprint density at radius 2 is 0.718 bits per heavy atom. The lowest BCUT2D eigenvalue weighted by atomic mass is 10.0. The van der Waals surface area contributed by atoms with Crippen molar-refractivity contribution in [3.8, 4) is 0 Å². The number of allylic oxidation sites excluding steroid dienone is 5. The number of amides is 1. The van der Waals surface area contributed by atoms with Crippen LogP contribution >= 0.6 is 7.82 Å². The number of phosphoric acid groups is 1. The first kappa shape index (κ1) is 83.2. The number of esters is 1. The third kappa shape index (κ3) is 66.5. The Balaban J connectivity index is 4.91. The van der Waals surface area contributed by atoms with E-state index >= 15 is 0 Å². The molecule has 0 spiro atoms. The van der Waals surface area contributed by atoms with E-state index in [9.17, 15) is 19.0 Å². The second-order valence-corrected chi connectivity index (χ2v) is 28.3. The fourth-order valence-corrected chi connectivity index (χ4v) is 12.1. The highest BCUT2D eigenvalue weighted by Crippen LogP contribution is 2.43. The summed E-state index contributed by atoms with van der Waals surface area (Å²) in [5, 5.41) is 3.08. The smallest absolute Gasteiger partial charge is 0.456 e. The zero-order valence-corrected chi connectivity index (χ0v) is 58.5. The topological polar surface area (TPSA) is 111 Å². The van der Waals surface area contributed by atoms with Gasteiger partial charge in [-0.25, -0.2) is 4.57 Å². The zero-order chi connectivity index (χ0) is 62.1. The molecule has 502 valence electrons. The highest BCUT2D eigenvalue weighted by atomic mass is 31.2. The maximum atomic E-state index is 13.6. The van der Waals surface area contributed by atoms with E-state index in [-0.39, 0.29) is 25.1 Å². The molecule has 3 atom stereocenters. The van der Waals surface area contributed by atoms with Gasteiger partial charge < -0.3 is 19.4 Å². The first-order valence-electron chi connectivity index (χ1n) is 37.3. The molecule has 0 saturated heterocycles. The van der Waals surface area contributed by atoms with Crippen LogP contribution in [0.2, 0.25) is 0 Å². The van der Waals surface area contributed by atoms with Gasteiger partial charge in [0.05, 0.1) is 33.8 Å². The first-order chi connectivity index (χ1) is 41.4. The quantitative estimate of drug-likeness (QED) is 0.0205. The van der Waals surface area contributed by atoms with Crippen LogP contribution in [-0.4, -0.2) is 74.3 Å². The molecule has 0 radical (unpaired) electrons. The van der Waals surface area contributed by atoms with Gasteiger partial charge in [0.2, 0.25) is 5.91 Å². The number of nitrogens with zero attached hydrogens (tertiary/aromatic N) is 1. The molecule has 0 aliphatic rings. The summed E-state index contributed by atoms with van der Waals surface area (Å²) in [5.74, 6) is -0.487. The van der Waals surface area contributed by atoms with Crippen molar-refractivity contribution in [2.75, 3.05) is 40.9 Å². The molecule has 10 heteroatoms. The van der Waals surface area contributed by atoms with E-state index in [0.29, 0.717) is 23.9 Å². The third-order valence-corrected chi connectivity index (χ3v) is 18.1. The number of nitrogens with one attached hydrogen (secondary N) is 1. The normalized spacial score (nSPS) is 13.6. The minimum atomic E-state index is -4.45. The number of unbranched alkanes of at least 4 members (excludes halogenated alkanes) is 49. The van der Waals surface area contributed by atoms with Gasteiger partial charge in [-0.1, -0.05) is 340 Å². The largest absolute Gasteiger partial charge is 0.472 e. The van der Waals surface area contributed by atoms with E-state index in [1.165, 1.54) is 283 Å². The molecule has 0 aliphatic heterocycles. The van der Waals surface area contributed by atoms with Crippen LogP contribution in [0.1, 0.15) is 380 Å². The second kappa shape index (κ2) is 65.2. The highest BCUT2D eigenvalue weighted by Gasteiger charge is 2.30. The molecule has 0 rings (SSSR count). The van der Waals surface area contributed by atoms with Crippen molar-refractivity contribution in [1.29, 1.82) is 0 Å².